The first-order chi connectivity index (χ1) is 5.92. The van der Waals surface area contributed by atoms with Crippen LogP contribution in [0.3, 0.4) is 0 Å². The molecule has 0 aliphatic heterocycles. The Morgan fingerprint density at radius 3 is 3.33 bits per heavy atom. The molecule has 1 amide bonds. The van der Waals surface area contributed by atoms with Crippen LogP contribution < -0.4 is 5.32 Å². The molecule has 2 rings (SSSR count). The Labute approximate surface area is 72.3 Å². The van der Waals surface area contributed by atoms with Gasteiger partial charge in [0.05, 0.1) is 6.04 Å². The van der Waals surface area contributed by atoms with Gasteiger partial charge in [0.2, 0.25) is 6.41 Å². The van der Waals surface area contributed by atoms with Crippen LogP contribution in [0.2, 0.25) is 0 Å². The lowest BCUT2D eigenvalue weighted by Gasteiger charge is -2.24. The van der Waals surface area contributed by atoms with Crippen molar-refractivity contribution < 1.29 is 4.79 Å². The van der Waals surface area contributed by atoms with Gasteiger partial charge in [-0.2, -0.15) is 0 Å². The van der Waals surface area contributed by atoms with Gasteiger partial charge in [-0.3, -0.25) is 4.79 Å². The number of hydrogen-bond donors (Lipinski definition) is 1. The second-order valence-corrected chi connectivity index (χ2v) is 3.39. The van der Waals surface area contributed by atoms with Gasteiger partial charge in [-0.05, 0) is 36.8 Å². The molecule has 0 saturated heterocycles. The summed E-state index contributed by atoms with van der Waals surface area (Å²) < 4.78 is 0. The number of allylic oxidation sites excluding steroid dienone is 3. The largest absolute Gasteiger partial charge is 0.352 e. The Morgan fingerprint density at radius 2 is 2.50 bits per heavy atom. The van der Waals surface area contributed by atoms with Crippen molar-refractivity contribution in [3.8, 4) is 0 Å². The second kappa shape index (κ2) is 3.13. The van der Waals surface area contributed by atoms with Crippen molar-refractivity contribution in [3.63, 3.8) is 0 Å². The summed E-state index contributed by atoms with van der Waals surface area (Å²) in [7, 11) is 0. The molecule has 2 aliphatic carbocycles. The number of nitrogens with one attached hydrogen (secondary N) is 1. The van der Waals surface area contributed by atoms with E-state index in [1.165, 1.54) is 24.0 Å². The molecule has 0 aromatic heterocycles. The van der Waals surface area contributed by atoms with E-state index < -0.39 is 0 Å². The summed E-state index contributed by atoms with van der Waals surface area (Å²) >= 11 is 0. The zero-order valence-corrected chi connectivity index (χ0v) is 7.05. The highest BCUT2D eigenvalue weighted by atomic mass is 16.1. The lowest BCUT2D eigenvalue weighted by Crippen LogP contribution is -2.31. The highest BCUT2D eigenvalue weighted by Gasteiger charge is 2.22. The molecule has 1 N–H and O–H groups in total. The third-order valence-electron chi connectivity index (χ3n) is 2.70. The Kier molecular flexibility index (Phi) is 1.98. The standard InChI is InChI=1S/C10H13NO/c12-7-11-10-6-2-4-8-3-1-5-9(8)10/h1,3,7,10H,2,4-6H2,(H,11,12). The smallest absolute Gasteiger partial charge is 0.207 e. The average molecular weight is 163 g/mol. The normalized spacial score (nSPS) is 27.2. The van der Waals surface area contributed by atoms with E-state index in [4.69, 9.17) is 0 Å². The number of hydrogen-bond acceptors (Lipinski definition) is 1. The molecule has 1 unspecified atom stereocenters. The molecule has 0 heterocycles. The monoisotopic (exact) mass is 163 g/mol. The Hall–Kier alpha value is -1.05. The van der Waals surface area contributed by atoms with Gasteiger partial charge < -0.3 is 5.32 Å². The molecule has 12 heavy (non-hydrogen) atoms. The fourth-order valence-corrected chi connectivity index (χ4v) is 2.11. The maximum absolute atomic E-state index is 10.3. The van der Waals surface area contributed by atoms with Gasteiger partial charge in [0.1, 0.15) is 0 Å². The van der Waals surface area contributed by atoms with Crippen molar-refractivity contribution in [2.75, 3.05) is 0 Å². The van der Waals surface area contributed by atoms with Crippen LogP contribution in [0.1, 0.15) is 25.7 Å². The van der Waals surface area contributed by atoms with Crippen LogP contribution in [0.25, 0.3) is 0 Å². The van der Waals surface area contributed by atoms with Crippen molar-refractivity contribution in [3.05, 3.63) is 23.3 Å². The third-order valence-corrected chi connectivity index (χ3v) is 2.70. The summed E-state index contributed by atoms with van der Waals surface area (Å²) in [6.45, 7) is 0. The maximum Gasteiger partial charge on any atom is 0.207 e. The lowest BCUT2D eigenvalue weighted by atomic mass is 9.89. The number of carbonyl (C=O) groups excluding carboxylic acids is 1. The van der Waals surface area contributed by atoms with Gasteiger partial charge in [0, 0.05) is 0 Å². The second-order valence-electron chi connectivity index (χ2n) is 3.39. The number of amides is 1. The minimum atomic E-state index is 0.321. The van der Waals surface area contributed by atoms with Crippen LogP contribution in [0.5, 0.6) is 0 Å². The van der Waals surface area contributed by atoms with Crippen LogP contribution >= 0.6 is 0 Å². The Balaban J connectivity index is 2.16. The van der Waals surface area contributed by atoms with E-state index in [0.717, 1.165) is 19.3 Å². The molecule has 0 aromatic carbocycles. The van der Waals surface area contributed by atoms with Crippen molar-refractivity contribution in [2.24, 2.45) is 0 Å². The molecular weight excluding hydrogens is 150 g/mol. The van der Waals surface area contributed by atoms with Gasteiger partial charge in [-0.1, -0.05) is 12.2 Å². The molecule has 2 heteroatoms. The van der Waals surface area contributed by atoms with Gasteiger partial charge in [-0.25, -0.2) is 0 Å². The van der Waals surface area contributed by atoms with Crippen LogP contribution in [0, 0.1) is 0 Å². The first-order valence-corrected chi connectivity index (χ1v) is 4.50. The van der Waals surface area contributed by atoms with Crippen molar-refractivity contribution >= 4 is 6.41 Å². The molecule has 2 nitrogen and oxygen atoms in total. The first kappa shape index (κ1) is 7.59. The van der Waals surface area contributed by atoms with Crippen LogP contribution in [0.4, 0.5) is 0 Å². The third kappa shape index (κ3) is 1.17. The van der Waals surface area contributed by atoms with E-state index >= 15 is 0 Å². The van der Waals surface area contributed by atoms with Crippen LogP contribution in [0.15, 0.2) is 23.3 Å². The SMILES string of the molecule is O=CNC1CCCC2=C1CC=C2. The first-order valence-electron chi connectivity index (χ1n) is 4.50. The van der Waals surface area contributed by atoms with E-state index in [-0.39, 0.29) is 0 Å². The Bertz CT molecular complexity index is 253. The van der Waals surface area contributed by atoms with E-state index in [2.05, 4.69) is 17.5 Å². The molecule has 0 bridgehead atoms. The zero-order valence-electron chi connectivity index (χ0n) is 7.05. The molecule has 0 fully saturated rings. The predicted molar refractivity (Wildman–Crippen MR) is 47.6 cm³/mol. The minimum absolute atomic E-state index is 0.321. The number of carbonyl (C=O) groups is 1. The summed E-state index contributed by atoms with van der Waals surface area (Å²) in [6.07, 6.45) is 9.76. The van der Waals surface area contributed by atoms with Gasteiger partial charge in [0.25, 0.3) is 0 Å². The molecule has 64 valence electrons. The quantitative estimate of drug-likeness (QED) is 0.615. The van der Waals surface area contributed by atoms with E-state index in [9.17, 15) is 4.79 Å². The topological polar surface area (TPSA) is 29.1 Å². The van der Waals surface area contributed by atoms with Gasteiger partial charge in [-0.15, -0.1) is 0 Å². The average Bonchev–Trinajstić information content (AvgIpc) is 2.53. The van der Waals surface area contributed by atoms with Gasteiger partial charge in [0.15, 0.2) is 0 Å². The zero-order chi connectivity index (χ0) is 8.39. The van der Waals surface area contributed by atoms with Gasteiger partial charge >= 0.3 is 0 Å². The summed E-state index contributed by atoms with van der Waals surface area (Å²) in [4.78, 5) is 10.3. The van der Waals surface area contributed by atoms with Crippen LogP contribution in [-0.4, -0.2) is 12.5 Å². The minimum Gasteiger partial charge on any atom is -0.352 e. The maximum atomic E-state index is 10.3. The molecule has 0 spiro atoms. The summed E-state index contributed by atoms with van der Waals surface area (Å²) in [5.41, 5.74) is 2.90. The van der Waals surface area contributed by atoms with E-state index in [0.29, 0.717) is 6.04 Å². The summed E-state index contributed by atoms with van der Waals surface area (Å²) in [5, 5.41) is 2.88. The number of rotatable bonds is 2. The van der Waals surface area contributed by atoms with Crippen molar-refractivity contribution in [1.82, 2.24) is 5.32 Å². The van der Waals surface area contributed by atoms with Crippen LogP contribution in [-0.2, 0) is 4.79 Å². The van der Waals surface area contributed by atoms with Crippen molar-refractivity contribution in [2.45, 2.75) is 31.7 Å². The molecule has 0 radical (unpaired) electrons. The molecule has 0 aromatic rings. The molecule has 2 aliphatic rings. The summed E-state index contributed by atoms with van der Waals surface area (Å²) in [6, 6.07) is 0.321. The highest BCUT2D eigenvalue weighted by Crippen LogP contribution is 2.32. The highest BCUT2D eigenvalue weighted by molar-refractivity contribution is 5.50. The Morgan fingerprint density at radius 1 is 1.58 bits per heavy atom. The molecule has 0 saturated carbocycles. The molecule has 1 atom stereocenters. The predicted octanol–water partition coefficient (Wildman–Crippen LogP) is 1.54. The fourth-order valence-electron chi connectivity index (χ4n) is 2.11. The van der Waals surface area contributed by atoms with E-state index in [1.807, 2.05) is 0 Å². The van der Waals surface area contributed by atoms with Crippen molar-refractivity contribution in [1.29, 1.82) is 0 Å². The lowest BCUT2D eigenvalue weighted by molar-refractivity contribution is -0.110. The molecular formula is C10H13NO. The summed E-state index contributed by atoms with van der Waals surface area (Å²) in [5.74, 6) is 0. The fraction of sp³-hybridized carbons (Fsp3) is 0.500. The van der Waals surface area contributed by atoms with E-state index in [1.54, 1.807) is 0 Å².